The Morgan fingerprint density at radius 2 is 2.33 bits per heavy atom. The van der Waals surface area contributed by atoms with Gasteiger partial charge in [0.25, 0.3) is 0 Å². The molecule has 15 heavy (non-hydrogen) atoms. The molecule has 1 aromatic rings. The van der Waals surface area contributed by atoms with Gasteiger partial charge in [-0.1, -0.05) is 12.1 Å². The Hall–Kier alpha value is -1.02. The minimum atomic E-state index is 0.155. The van der Waals surface area contributed by atoms with Crippen LogP contribution in [0.5, 0.6) is 5.75 Å². The maximum absolute atomic E-state index is 5.86. The van der Waals surface area contributed by atoms with Gasteiger partial charge in [0.1, 0.15) is 12.4 Å². The van der Waals surface area contributed by atoms with Crippen molar-refractivity contribution >= 4 is 0 Å². The summed E-state index contributed by atoms with van der Waals surface area (Å²) in [5, 5.41) is 3.57. The van der Waals surface area contributed by atoms with Gasteiger partial charge in [0.15, 0.2) is 0 Å². The number of nitrogens with one attached hydrogen (secondary N) is 1. The van der Waals surface area contributed by atoms with Crippen LogP contribution in [0, 0.1) is 6.92 Å². The van der Waals surface area contributed by atoms with Crippen molar-refractivity contribution in [3.8, 4) is 5.75 Å². The second kappa shape index (κ2) is 2.99. The number of hydrogen-bond acceptors (Lipinski definition) is 2. The zero-order chi connectivity index (χ0) is 10.5. The van der Waals surface area contributed by atoms with Crippen LogP contribution in [0.3, 0.4) is 0 Å². The van der Waals surface area contributed by atoms with E-state index in [4.69, 9.17) is 4.74 Å². The third-order valence-electron chi connectivity index (χ3n) is 3.80. The minimum Gasteiger partial charge on any atom is -0.491 e. The Labute approximate surface area is 90.6 Å². The predicted octanol–water partition coefficient (Wildman–Crippen LogP) is 2.22. The molecule has 2 aliphatic heterocycles. The van der Waals surface area contributed by atoms with Crippen molar-refractivity contribution in [1.82, 2.24) is 5.32 Å². The molecule has 2 aliphatic rings. The predicted molar refractivity (Wildman–Crippen MR) is 60.4 cm³/mol. The second-order valence-electron chi connectivity index (χ2n) is 5.02. The quantitative estimate of drug-likeness (QED) is 0.698. The topological polar surface area (TPSA) is 21.3 Å². The first-order valence-corrected chi connectivity index (χ1v) is 5.67. The Bertz CT molecular complexity index is 402. The van der Waals surface area contributed by atoms with E-state index in [-0.39, 0.29) is 5.54 Å². The molecule has 2 heterocycles. The van der Waals surface area contributed by atoms with Gasteiger partial charge in [-0.3, -0.25) is 0 Å². The lowest BCUT2D eigenvalue weighted by Crippen LogP contribution is -2.48. The molecular formula is C13H17NO. The number of rotatable bonds is 0. The Morgan fingerprint density at radius 1 is 1.47 bits per heavy atom. The molecule has 1 fully saturated rings. The van der Waals surface area contributed by atoms with Crippen molar-refractivity contribution < 1.29 is 4.74 Å². The summed E-state index contributed by atoms with van der Waals surface area (Å²) < 4.78 is 5.86. The first-order valence-electron chi connectivity index (χ1n) is 5.67. The summed E-state index contributed by atoms with van der Waals surface area (Å²) in [4.78, 5) is 0. The molecule has 0 amide bonds. The summed E-state index contributed by atoms with van der Waals surface area (Å²) in [6.45, 7) is 6.30. The molecule has 2 heteroatoms. The lowest BCUT2D eigenvalue weighted by molar-refractivity contribution is 0.170. The minimum absolute atomic E-state index is 0.155. The van der Waals surface area contributed by atoms with Crippen LogP contribution in [0.25, 0.3) is 0 Å². The Balaban J connectivity index is 2.09. The van der Waals surface area contributed by atoms with E-state index in [1.165, 1.54) is 17.5 Å². The normalized spacial score (nSPS) is 33.1. The van der Waals surface area contributed by atoms with Crippen molar-refractivity contribution in [2.75, 3.05) is 13.2 Å². The fraction of sp³-hybridized carbons (Fsp3) is 0.538. The van der Waals surface area contributed by atoms with Gasteiger partial charge in [-0.05, 0) is 44.0 Å². The van der Waals surface area contributed by atoms with Crippen LogP contribution in [0.2, 0.25) is 0 Å². The molecule has 0 aliphatic carbocycles. The van der Waals surface area contributed by atoms with Crippen molar-refractivity contribution in [3.05, 3.63) is 29.3 Å². The van der Waals surface area contributed by atoms with Gasteiger partial charge in [0.2, 0.25) is 0 Å². The Kier molecular flexibility index (Phi) is 1.84. The summed E-state index contributed by atoms with van der Waals surface area (Å²) >= 11 is 0. The average Bonchev–Trinajstić information content (AvgIpc) is 2.60. The molecule has 0 aromatic heterocycles. The van der Waals surface area contributed by atoms with Gasteiger partial charge < -0.3 is 10.1 Å². The van der Waals surface area contributed by atoms with Crippen LogP contribution in [0.1, 0.15) is 30.4 Å². The second-order valence-corrected chi connectivity index (χ2v) is 5.02. The number of benzene rings is 1. The largest absolute Gasteiger partial charge is 0.491 e. The molecule has 80 valence electrons. The monoisotopic (exact) mass is 203 g/mol. The van der Waals surface area contributed by atoms with Gasteiger partial charge in [0.05, 0.1) is 5.54 Å². The van der Waals surface area contributed by atoms with Gasteiger partial charge >= 0.3 is 0 Å². The first kappa shape index (κ1) is 9.22. The van der Waals surface area contributed by atoms with E-state index < -0.39 is 0 Å². The van der Waals surface area contributed by atoms with Crippen molar-refractivity contribution in [2.45, 2.75) is 31.7 Å². The van der Waals surface area contributed by atoms with Crippen LogP contribution in [-0.2, 0) is 0 Å². The maximum Gasteiger partial charge on any atom is 0.123 e. The lowest BCUT2D eigenvalue weighted by Gasteiger charge is -2.37. The molecule has 0 unspecified atom stereocenters. The zero-order valence-electron chi connectivity index (χ0n) is 9.34. The third-order valence-corrected chi connectivity index (χ3v) is 3.80. The highest BCUT2D eigenvalue weighted by atomic mass is 16.5. The SMILES string of the molecule is Cc1ccc2c(c1)OC[C@@]1(C)NCC[C@@H]21. The smallest absolute Gasteiger partial charge is 0.123 e. The lowest BCUT2D eigenvalue weighted by atomic mass is 9.80. The number of fused-ring (bicyclic) bond motifs is 3. The summed E-state index contributed by atoms with van der Waals surface area (Å²) in [7, 11) is 0. The fourth-order valence-corrected chi connectivity index (χ4v) is 2.88. The van der Waals surface area contributed by atoms with E-state index in [1.807, 2.05) is 0 Å². The highest BCUT2D eigenvalue weighted by Crippen LogP contribution is 2.44. The average molecular weight is 203 g/mol. The first-order chi connectivity index (χ1) is 7.19. The summed E-state index contributed by atoms with van der Waals surface area (Å²) in [6, 6.07) is 6.58. The summed E-state index contributed by atoms with van der Waals surface area (Å²) in [5.74, 6) is 1.73. The molecule has 0 spiro atoms. The molecule has 0 radical (unpaired) electrons. The molecule has 0 saturated carbocycles. The van der Waals surface area contributed by atoms with E-state index in [9.17, 15) is 0 Å². The maximum atomic E-state index is 5.86. The number of hydrogen-bond donors (Lipinski definition) is 1. The van der Waals surface area contributed by atoms with Crippen molar-refractivity contribution in [3.63, 3.8) is 0 Å². The molecule has 0 bridgehead atoms. The van der Waals surface area contributed by atoms with E-state index >= 15 is 0 Å². The fourth-order valence-electron chi connectivity index (χ4n) is 2.88. The standard InChI is InChI=1S/C13H17NO/c1-9-3-4-10-11-5-6-14-13(11,2)8-15-12(10)7-9/h3-4,7,11,14H,5-6,8H2,1-2H3/t11-,13+/m0/s1. The van der Waals surface area contributed by atoms with Gasteiger partial charge in [0, 0.05) is 5.92 Å². The van der Waals surface area contributed by atoms with Gasteiger partial charge in [-0.2, -0.15) is 0 Å². The molecule has 1 saturated heterocycles. The van der Waals surface area contributed by atoms with Crippen LogP contribution in [-0.4, -0.2) is 18.7 Å². The summed E-state index contributed by atoms with van der Waals surface area (Å²) in [5.41, 5.74) is 2.82. The molecule has 1 aromatic carbocycles. The Morgan fingerprint density at radius 3 is 3.20 bits per heavy atom. The summed E-state index contributed by atoms with van der Waals surface area (Å²) in [6.07, 6.45) is 1.23. The molecule has 2 nitrogen and oxygen atoms in total. The highest BCUT2D eigenvalue weighted by Gasteiger charge is 2.44. The number of ether oxygens (including phenoxy) is 1. The number of aryl methyl sites for hydroxylation is 1. The highest BCUT2D eigenvalue weighted by molar-refractivity contribution is 5.44. The van der Waals surface area contributed by atoms with Crippen LogP contribution in [0.4, 0.5) is 0 Å². The third kappa shape index (κ3) is 1.28. The van der Waals surface area contributed by atoms with Gasteiger partial charge in [-0.25, -0.2) is 0 Å². The van der Waals surface area contributed by atoms with Gasteiger partial charge in [-0.15, -0.1) is 0 Å². The van der Waals surface area contributed by atoms with Crippen molar-refractivity contribution in [1.29, 1.82) is 0 Å². The zero-order valence-corrected chi connectivity index (χ0v) is 9.34. The van der Waals surface area contributed by atoms with Crippen LogP contribution < -0.4 is 10.1 Å². The van der Waals surface area contributed by atoms with Crippen LogP contribution >= 0.6 is 0 Å². The van der Waals surface area contributed by atoms with E-state index in [1.54, 1.807) is 0 Å². The molecular weight excluding hydrogens is 186 g/mol. The van der Waals surface area contributed by atoms with E-state index in [0.29, 0.717) is 5.92 Å². The molecule has 2 atom stereocenters. The van der Waals surface area contributed by atoms with Crippen molar-refractivity contribution in [2.24, 2.45) is 0 Å². The van der Waals surface area contributed by atoms with E-state index in [0.717, 1.165) is 18.9 Å². The molecule has 1 N–H and O–H groups in total. The van der Waals surface area contributed by atoms with Crippen LogP contribution in [0.15, 0.2) is 18.2 Å². The van der Waals surface area contributed by atoms with E-state index in [2.05, 4.69) is 37.4 Å². The molecule has 3 rings (SSSR count).